The van der Waals surface area contributed by atoms with Crippen LogP contribution in [0.15, 0.2) is 46.9 Å². The summed E-state index contributed by atoms with van der Waals surface area (Å²) in [6.45, 7) is 10.8. The first-order valence-electron chi connectivity index (χ1n) is 11.2. The summed E-state index contributed by atoms with van der Waals surface area (Å²) in [7, 11) is 1.60. The lowest BCUT2D eigenvalue weighted by atomic mass is 9.87. The normalized spacial score (nSPS) is 12.1. The van der Waals surface area contributed by atoms with Gasteiger partial charge in [0.15, 0.2) is 6.61 Å². The van der Waals surface area contributed by atoms with E-state index in [0.717, 1.165) is 15.6 Å². The number of ether oxygens (including phenoxy) is 2. The van der Waals surface area contributed by atoms with Crippen LogP contribution >= 0.6 is 15.9 Å². The highest BCUT2D eigenvalue weighted by molar-refractivity contribution is 9.10. The molecule has 2 rings (SSSR count). The van der Waals surface area contributed by atoms with Crippen LogP contribution < -0.4 is 14.8 Å². The van der Waals surface area contributed by atoms with Crippen LogP contribution in [0.4, 0.5) is 0 Å². The topological polar surface area (TPSA) is 67.9 Å². The molecular formula is C26H35BrN2O4. The van der Waals surface area contributed by atoms with E-state index in [1.54, 1.807) is 12.0 Å². The quantitative estimate of drug-likeness (QED) is 0.476. The van der Waals surface area contributed by atoms with Gasteiger partial charge in [-0.3, -0.25) is 9.59 Å². The van der Waals surface area contributed by atoms with Crippen molar-refractivity contribution in [3.63, 3.8) is 0 Å². The van der Waals surface area contributed by atoms with Gasteiger partial charge in [0, 0.05) is 13.1 Å². The van der Waals surface area contributed by atoms with Gasteiger partial charge >= 0.3 is 0 Å². The summed E-state index contributed by atoms with van der Waals surface area (Å²) in [5, 5.41) is 2.84. The van der Waals surface area contributed by atoms with E-state index in [1.807, 2.05) is 56.3 Å². The number of benzene rings is 2. The Bertz CT molecular complexity index is 956. The summed E-state index contributed by atoms with van der Waals surface area (Å²) in [5.74, 6) is 0.850. The summed E-state index contributed by atoms with van der Waals surface area (Å²) in [4.78, 5) is 27.6. The molecule has 33 heavy (non-hydrogen) atoms. The molecule has 0 aromatic heterocycles. The molecule has 0 radical (unpaired) electrons. The fourth-order valence-corrected chi connectivity index (χ4v) is 3.98. The summed E-state index contributed by atoms with van der Waals surface area (Å²) in [6.07, 6.45) is 0.492. The molecule has 0 aliphatic rings. The molecule has 0 fully saturated rings. The van der Waals surface area contributed by atoms with Gasteiger partial charge in [0.25, 0.3) is 5.91 Å². The number of rotatable bonds is 10. The molecule has 7 heteroatoms. The van der Waals surface area contributed by atoms with Crippen molar-refractivity contribution in [2.24, 2.45) is 0 Å². The number of carbonyl (C=O) groups is 2. The van der Waals surface area contributed by atoms with E-state index in [-0.39, 0.29) is 30.4 Å². The number of nitrogens with zero attached hydrogens (tertiary/aromatic N) is 1. The van der Waals surface area contributed by atoms with Crippen LogP contribution in [0.1, 0.15) is 52.2 Å². The smallest absolute Gasteiger partial charge is 0.261 e. The minimum absolute atomic E-state index is 0.00535. The van der Waals surface area contributed by atoms with Crippen molar-refractivity contribution < 1.29 is 19.1 Å². The van der Waals surface area contributed by atoms with Gasteiger partial charge in [-0.05, 0) is 70.1 Å². The summed E-state index contributed by atoms with van der Waals surface area (Å²) < 4.78 is 12.0. The number of methoxy groups -OCH3 is 1. The third kappa shape index (κ3) is 7.49. The van der Waals surface area contributed by atoms with Gasteiger partial charge < -0.3 is 19.7 Å². The second-order valence-electron chi connectivity index (χ2n) is 8.88. The number of likely N-dealkylation sites (N-methyl/N-ethyl adjacent to an activating group) is 1. The third-order valence-electron chi connectivity index (χ3n) is 5.37. The lowest BCUT2D eigenvalue weighted by molar-refractivity contribution is -0.142. The zero-order valence-corrected chi connectivity index (χ0v) is 22.0. The highest BCUT2D eigenvalue weighted by atomic mass is 79.9. The van der Waals surface area contributed by atoms with Gasteiger partial charge in [0.05, 0.1) is 11.6 Å². The highest BCUT2D eigenvalue weighted by Gasteiger charge is 2.29. The van der Waals surface area contributed by atoms with Crippen LogP contribution in [0.2, 0.25) is 0 Å². The summed E-state index contributed by atoms with van der Waals surface area (Å²) in [6, 6.07) is 12.8. The van der Waals surface area contributed by atoms with E-state index >= 15 is 0 Å². The maximum absolute atomic E-state index is 13.3. The van der Waals surface area contributed by atoms with E-state index in [0.29, 0.717) is 24.5 Å². The van der Waals surface area contributed by atoms with Crippen LogP contribution in [-0.2, 0) is 21.5 Å². The van der Waals surface area contributed by atoms with Crippen LogP contribution in [0, 0.1) is 0 Å². The van der Waals surface area contributed by atoms with Gasteiger partial charge in [-0.2, -0.15) is 0 Å². The van der Waals surface area contributed by atoms with Gasteiger partial charge in [0.1, 0.15) is 17.5 Å². The molecule has 0 bridgehead atoms. The van der Waals surface area contributed by atoms with E-state index in [1.165, 1.54) is 0 Å². The molecule has 180 valence electrons. The lowest BCUT2D eigenvalue weighted by Crippen LogP contribution is -2.50. The van der Waals surface area contributed by atoms with Crippen molar-refractivity contribution in [1.82, 2.24) is 10.2 Å². The molecule has 6 nitrogen and oxygen atoms in total. The number of amides is 2. The zero-order chi connectivity index (χ0) is 24.6. The average molecular weight is 519 g/mol. The molecule has 0 saturated heterocycles. The maximum atomic E-state index is 13.3. The molecule has 2 aromatic carbocycles. The molecule has 2 aromatic rings. The number of halogens is 1. The molecule has 1 N–H and O–H groups in total. The minimum Gasteiger partial charge on any atom is -0.497 e. The van der Waals surface area contributed by atoms with Crippen LogP contribution in [0.3, 0.4) is 0 Å². The standard InChI is InChI=1S/C26H35BrN2O4/c1-7-22(25(31)28-8-2)29(16-18-10-9-11-20(14-18)32-6)24(30)17-33-23-13-12-19(15-21(23)27)26(3,4)5/h9-15,22H,7-8,16-17H2,1-6H3,(H,28,31)/t22-/m0/s1. The monoisotopic (exact) mass is 518 g/mol. The fourth-order valence-electron chi connectivity index (χ4n) is 3.49. The first kappa shape index (κ1) is 26.7. The second kappa shape index (κ2) is 12.1. The fraction of sp³-hybridized carbons (Fsp3) is 0.462. The van der Waals surface area contributed by atoms with Crippen molar-refractivity contribution in [2.75, 3.05) is 20.3 Å². The highest BCUT2D eigenvalue weighted by Crippen LogP contribution is 2.31. The molecule has 0 aliphatic carbocycles. The Balaban J connectivity index is 2.24. The lowest BCUT2D eigenvalue weighted by Gasteiger charge is -2.30. The van der Waals surface area contributed by atoms with Gasteiger partial charge in [-0.25, -0.2) is 0 Å². The van der Waals surface area contributed by atoms with Crippen LogP contribution in [0.25, 0.3) is 0 Å². The van der Waals surface area contributed by atoms with E-state index in [2.05, 4.69) is 42.0 Å². The Morgan fingerprint density at radius 3 is 2.42 bits per heavy atom. The van der Waals surface area contributed by atoms with Gasteiger partial charge in [0.2, 0.25) is 5.91 Å². The average Bonchev–Trinajstić information content (AvgIpc) is 2.77. The number of hydrogen-bond donors (Lipinski definition) is 1. The zero-order valence-electron chi connectivity index (χ0n) is 20.4. The number of hydrogen-bond acceptors (Lipinski definition) is 4. The third-order valence-corrected chi connectivity index (χ3v) is 5.99. The Morgan fingerprint density at radius 1 is 1.12 bits per heavy atom. The first-order chi connectivity index (χ1) is 15.6. The van der Waals surface area contributed by atoms with Crippen LogP contribution in [-0.4, -0.2) is 43.0 Å². The first-order valence-corrected chi connectivity index (χ1v) is 12.0. The molecule has 0 aliphatic heterocycles. The van der Waals surface area contributed by atoms with Crippen molar-refractivity contribution in [2.45, 2.75) is 59.0 Å². The second-order valence-corrected chi connectivity index (χ2v) is 9.73. The summed E-state index contributed by atoms with van der Waals surface area (Å²) >= 11 is 3.55. The van der Waals surface area contributed by atoms with Crippen LogP contribution in [0.5, 0.6) is 11.5 Å². The number of nitrogens with one attached hydrogen (secondary N) is 1. The summed E-state index contributed by atoms with van der Waals surface area (Å²) in [5.41, 5.74) is 2.04. The molecule has 0 spiro atoms. The SMILES string of the molecule is CCNC(=O)[C@H](CC)N(Cc1cccc(OC)c1)C(=O)COc1ccc(C(C)(C)C)cc1Br. The van der Waals surface area contributed by atoms with Crippen molar-refractivity contribution >= 4 is 27.7 Å². The molecular weight excluding hydrogens is 484 g/mol. The molecule has 0 saturated carbocycles. The minimum atomic E-state index is -0.598. The van der Waals surface area contributed by atoms with E-state index < -0.39 is 6.04 Å². The molecule has 0 unspecified atom stereocenters. The molecule has 1 atom stereocenters. The Kier molecular flexibility index (Phi) is 9.77. The molecule has 0 heterocycles. The van der Waals surface area contributed by atoms with Gasteiger partial charge in [-0.1, -0.05) is 45.9 Å². The number of carbonyl (C=O) groups excluding carboxylic acids is 2. The predicted molar refractivity (Wildman–Crippen MR) is 135 cm³/mol. The van der Waals surface area contributed by atoms with Crippen molar-refractivity contribution in [3.05, 3.63) is 58.1 Å². The van der Waals surface area contributed by atoms with Gasteiger partial charge in [-0.15, -0.1) is 0 Å². The Labute approximate surface area is 205 Å². The Morgan fingerprint density at radius 2 is 1.85 bits per heavy atom. The van der Waals surface area contributed by atoms with E-state index in [9.17, 15) is 9.59 Å². The van der Waals surface area contributed by atoms with Crippen molar-refractivity contribution in [1.29, 1.82) is 0 Å². The van der Waals surface area contributed by atoms with Crippen molar-refractivity contribution in [3.8, 4) is 11.5 Å². The largest absolute Gasteiger partial charge is 0.497 e. The Hall–Kier alpha value is -2.54. The predicted octanol–water partition coefficient (Wildman–Crippen LogP) is 5.08. The maximum Gasteiger partial charge on any atom is 0.261 e. The molecule has 2 amide bonds. The van der Waals surface area contributed by atoms with E-state index in [4.69, 9.17) is 9.47 Å².